The van der Waals surface area contributed by atoms with Crippen LogP contribution in [0.1, 0.15) is 16.8 Å². The van der Waals surface area contributed by atoms with Crippen LogP contribution in [0.3, 0.4) is 0 Å². The van der Waals surface area contributed by atoms with Gasteiger partial charge in [-0.05, 0) is 18.6 Å². The molecule has 1 aliphatic rings. The number of nitro groups is 1. The minimum Gasteiger partial charge on any atom is -0.366 e. The number of carbonyl (C=O) groups excluding carboxylic acids is 1. The summed E-state index contributed by atoms with van der Waals surface area (Å²) in [6, 6.07) is 8.39. The first-order valence-corrected chi connectivity index (χ1v) is 6.77. The van der Waals surface area contributed by atoms with Crippen molar-refractivity contribution in [1.29, 1.82) is 0 Å². The minimum atomic E-state index is -0.603. The van der Waals surface area contributed by atoms with Gasteiger partial charge in [-0.15, -0.1) is 0 Å². The second-order valence-electron chi connectivity index (χ2n) is 4.34. The topological polar surface area (TPSA) is 96.3 Å². The van der Waals surface area contributed by atoms with Crippen molar-refractivity contribution in [3.8, 4) is 0 Å². The first-order valence-electron chi connectivity index (χ1n) is 6.36. The molecule has 0 bridgehead atoms. The van der Waals surface area contributed by atoms with Crippen molar-refractivity contribution in [3.63, 3.8) is 0 Å². The number of amides is 1. The zero-order valence-corrected chi connectivity index (χ0v) is 11.9. The normalized spacial score (nSPS) is 13.6. The quantitative estimate of drug-likeness (QED) is 0.330. The van der Waals surface area contributed by atoms with E-state index in [2.05, 4.69) is 16.0 Å². The number of thiocarbonyl (C=S) groups is 1. The number of hydrogen-bond acceptors (Lipinski definition) is 6. The summed E-state index contributed by atoms with van der Waals surface area (Å²) < 4.78 is 0. The maximum absolute atomic E-state index is 12.0. The Hall–Kier alpha value is -2.48. The van der Waals surface area contributed by atoms with Gasteiger partial charge in [-0.25, -0.2) is 0 Å². The highest BCUT2D eigenvalue weighted by atomic mass is 32.1. The average molecular weight is 306 g/mol. The maximum atomic E-state index is 12.0. The molecular formula is C13H14N4O3S. The van der Waals surface area contributed by atoms with E-state index < -0.39 is 10.8 Å². The second-order valence-corrected chi connectivity index (χ2v) is 4.75. The first kappa shape index (κ1) is 14.9. The van der Waals surface area contributed by atoms with Crippen molar-refractivity contribution < 1.29 is 9.72 Å². The van der Waals surface area contributed by atoms with E-state index in [-0.39, 0.29) is 16.5 Å². The van der Waals surface area contributed by atoms with Crippen LogP contribution < -0.4 is 16.0 Å². The smallest absolute Gasteiger partial charge is 0.343 e. The van der Waals surface area contributed by atoms with Crippen molar-refractivity contribution in [2.45, 2.75) is 6.42 Å². The van der Waals surface area contributed by atoms with Crippen LogP contribution in [0.2, 0.25) is 0 Å². The van der Waals surface area contributed by atoms with E-state index in [9.17, 15) is 14.9 Å². The molecule has 110 valence electrons. The predicted octanol–water partition coefficient (Wildman–Crippen LogP) is 0.772. The number of rotatable bonds is 3. The number of nitrogens with zero attached hydrogens (tertiary/aromatic N) is 1. The molecule has 0 spiro atoms. The fourth-order valence-corrected chi connectivity index (χ4v) is 2.13. The third-order valence-corrected chi connectivity index (χ3v) is 3.15. The Labute approximate surface area is 126 Å². The molecular weight excluding hydrogens is 292 g/mol. The van der Waals surface area contributed by atoms with Gasteiger partial charge in [0.05, 0.1) is 4.92 Å². The molecule has 1 fully saturated rings. The monoisotopic (exact) mass is 306 g/mol. The summed E-state index contributed by atoms with van der Waals surface area (Å²) >= 11 is 5.00. The molecule has 0 aliphatic carbocycles. The standard InChI is InChI=1S/C13H14N4O3S/c18-12(9-5-2-1-3-6-9)16-13(21)10(17(19)20)11-14-7-4-8-15-11/h1-3,5-6,14-15H,4,7-8H2,(H,16,18,21). The van der Waals surface area contributed by atoms with E-state index in [4.69, 9.17) is 12.2 Å². The molecule has 0 saturated carbocycles. The molecule has 7 nitrogen and oxygen atoms in total. The molecule has 2 rings (SSSR count). The van der Waals surface area contributed by atoms with E-state index >= 15 is 0 Å². The van der Waals surface area contributed by atoms with Gasteiger partial charge in [0, 0.05) is 18.7 Å². The molecule has 21 heavy (non-hydrogen) atoms. The van der Waals surface area contributed by atoms with Gasteiger partial charge >= 0.3 is 5.70 Å². The van der Waals surface area contributed by atoms with E-state index in [1.165, 1.54) is 0 Å². The lowest BCUT2D eigenvalue weighted by atomic mass is 10.2. The zero-order chi connectivity index (χ0) is 15.2. The summed E-state index contributed by atoms with van der Waals surface area (Å²) in [6.07, 6.45) is 0.859. The molecule has 0 atom stereocenters. The van der Waals surface area contributed by atoms with Crippen LogP contribution in [0.4, 0.5) is 0 Å². The Morgan fingerprint density at radius 2 is 1.86 bits per heavy atom. The Morgan fingerprint density at radius 3 is 2.43 bits per heavy atom. The van der Waals surface area contributed by atoms with E-state index in [1.807, 2.05) is 0 Å². The summed E-state index contributed by atoms with van der Waals surface area (Å²) in [5, 5.41) is 19.3. The number of nitrogens with one attached hydrogen (secondary N) is 3. The number of hydrogen-bond donors (Lipinski definition) is 3. The SMILES string of the molecule is O=C(NC(=S)C(=C1NCCCN1)[N+](=O)[O-])c1ccccc1. The fourth-order valence-electron chi connectivity index (χ4n) is 1.86. The molecule has 0 radical (unpaired) electrons. The van der Waals surface area contributed by atoms with Crippen LogP contribution in [0.15, 0.2) is 41.8 Å². The predicted molar refractivity (Wildman–Crippen MR) is 81.1 cm³/mol. The van der Waals surface area contributed by atoms with Gasteiger partial charge in [0.2, 0.25) is 0 Å². The highest BCUT2D eigenvalue weighted by Gasteiger charge is 2.27. The Kier molecular flexibility index (Phi) is 4.83. The summed E-state index contributed by atoms with van der Waals surface area (Å²) in [5.41, 5.74) is 0.0612. The lowest BCUT2D eigenvalue weighted by Crippen LogP contribution is -2.41. The van der Waals surface area contributed by atoms with Gasteiger partial charge in [0.1, 0.15) is 0 Å². The summed E-state index contributed by atoms with van der Waals surface area (Å²) in [5.74, 6) is -0.235. The summed E-state index contributed by atoms with van der Waals surface area (Å²) in [4.78, 5) is 22.3. The van der Waals surface area contributed by atoms with Crippen molar-refractivity contribution in [2.24, 2.45) is 0 Å². The highest BCUT2D eigenvalue weighted by Crippen LogP contribution is 2.07. The van der Waals surface area contributed by atoms with Crippen LogP contribution >= 0.6 is 12.2 Å². The van der Waals surface area contributed by atoms with Crippen LogP contribution in [0.5, 0.6) is 0 Å². The first-order chi connectivity index (χ1) is 10.1. The molecule has 1 saturated heterocycles. The highest BCUT2D eigenvalue weighted by molar-refractivity contribution is 7.80. The van der Waals surface area contributed by atoms with Crippen LogP contribution in [-0.4, -0.2) is 28.9 Å². The van der Waals surface area contributed by atoms with Crippen LogP contribution in [0.25, 0.3) is 0 Å². The number of carbonyl (C=O) groups is 1. The number of benzene rings is 1. The van der Waals surface area contributed by atoms with Crippen LogP contribution in [-0.2, 0) is 0 Å². The van der Waals surface area contributed by atoms with E-state index in [1.54, 1.807) is 30.3 Å². The lowest BCUT2D eigenvalue weighted by Gasteiger charge is -2.19. The third kappa shape index (κ3) is 3.76. The third-order valence-electron chi connectivity index (χ3n) is 2.85. The Morgan fingerprint density at radius 1 is 1.24 bits per heavy atom. The van der Waals surface area contributed by atoms with Crippen molar-refractivity contribution in [2.75, 3.05) is 13.1 Å². The largest absolute Gasteiger partial charge is 0.366 e. The van der Waals surface area contributed by atoms with Gasteiger partial charge in [0.25, 0.3) is 5.91 Å². The molecule has 1 heterocycles. The van der Waals surface area contributed by atoms with Gasteiger partial charge in [-0.1, -0.05) is 30.4 Å². The zero-order valence-electron chi connectivity index (χ0n) is 11.1. The van der Waals surface area contributed by atoms with Crippen LogP contribution in [0, 0.1) is 10.1 Å². The molecule has 0 aromatic heterocycles. The molecule has 1 aliphatic heterocycles. The molecule has 1 aromatic rings. The second kappa shape index (κ2) is 6.80. The van der Waals surface area contributed by atoms with Crippen molar-refractivity contribution >= 4 is 23.1 Å². The lowest BCUT2D eigenvalue weighted by molar-refractivity contribution is -0.416. The minimum absolute atomic E-state index is 0.217. The summed E-state index contributed by atoms with van der Waals surface area (Å²) in [6.45, 7) is 1.24. The summed E-state index contributed by atoms with van der Waals surface area (Å²) in [7, 11) is 0. The molecule has 0 unspecified atom stereocenters. The fraction of sp³-hybridized carbons (Fsp3) is 0.231. The average Bonchev–Trinajstić information content (AvgIpc) is 2.49. The Balaban J connectivity index is 2.16. The van der Waals surface area contributed by atoms with Gasteiger partial charge in [-0.2, -0.15) is 0 Å². The van der Waals surface area contributed by atoms with Crippen molar-refractivity contribution in [1.82, 2.24) is 16.0 Å². The molecule has 8 heteroatoms. The van der Waals surface area contributed by atoms with E-state index in [0.717, 1.165) is 6.42 Å². The Bertz CT molecular complexity index is 593. The molecule has 1 amide bonds. The molecule has 1 aromatic carbocycles. The van der Waals surface area contributed by atoms with Gasteiger partial charge < -0.3 is 16.0 Å². The van der Waals surface area contributed by atoms with E-state index in [0.29, 0.717) is 18.7 Å². The van der Waals surface area contributed by atoms with Gasteiger partial charge in [-0.3, -0.25) is 14.9 Å². The van der Waals surface area contributed by atoms with Crippen molar-refractivity contribution in [3.05, 3.63) is 57.5 Å². The maximum Gasteiger partial charge on any atom is 0.343 e. The van der Waals surface area contributed by atoms with Gasteiger partial charge in [0.15, 0.2) is 10.8 Å². The molecule has 3 N–H and O–H groups in total.